The first-order valence-corrected chi connectivity index (χ1v) is 12.1. The van der Waals surface area contributed by atoms with E-state index < -0.39 is 17.6 Å². The lowest BCUT2D eigenvalue weighted by Gasteiger charge is -2.55. The van der Waals surface area contributed by atoms with Gasteiger partial charge >= 0.3 is 6.09 Å². The quantitative estimate of drug-likeness (QED) is 0.626. The van der Waals surface area contributed by atoms with Crippen molar-refractivity contribution in [2.75, 3.05) is 13.1 Å². The molecule has 35 heavy (non-hydrogen) atoms. The molecule has 1 saturated carbocycles. The molecule has 0 radical (unpaired) electrons. The Balaban J connectivity index is 1.51. The summed E-state index contributed by atoms with van der Waals surface area (Å²) in [5, 5.41) is 0. The molecule has 1 aliphatic carbocycles. The molecule has 8 heteroatoms. The SMILES string of the molecule is CC(=O)N(C1CN(C(=O)OCc2ccccc2)C1)C1(c2ccc([C@H](C)N)cc2)CCC(F)(F)CC1. The number of carbonyl (C=O) groups excluding carboxylic acids is 2. The molecule has 2 aromatic carbocycles. The van der Waals surface area contributed by atoms with E-state index in [0.29, 0.717) is 13.1 Å². The number of hydrogen-bond acceptors (Lipinski definition) is 4. The van der Waals surface area contributed by atoms with E-state index in [2.05, 4.69) is 0 Å². The van der Waals surface area contributed by atoms with Gasteiger partial charge in [0.1, 0.15) is 6.61 Å². The molecule has 2 aliphatic rings. The van der Waals surface area contributed by atoms with Crippen molar-refractivity contribution in [1.29, 1.82) is 0 Å². The van der Waals surface area contributed by atoms with E-state index in [0.717, 1.165) is 16.7 Å². The zero-order valence-electron chi connectivity index (χ0n) is 20.3. The van der Waals surface area contributed by atoms with Crippen molar-refractivity contribution in [2.45, 2.75) is 69.7 Å². The molecule has 1 atom stereocenters. The predicted molar refractivity (Wildman–Crippen MR) is 129 cm³/mol. The molecule has 1 aliphatic heterocycles. The molecular weight excluding hydrogens is 452 g/mol. The fourth-order valence-corrected chi connectivity index (χ4v) is 5.28. The minimum atomic E-state index is -2.75. The molecular formula is C27H33F2N3O3. The van der Waals surface area contributed by atoms with Crippen LogP contribution >= 0.6 is 0 Å². The molecule has 0 spiro atoms. The molecule has 188 valence electrons. The Kier molecular flexibility index (Phi) is 7.12. The van der Waals surface area contributed by atoms with Crippen LogP contribution < -0.4 is 5.73 Å². The van der Waals surface area contributed by atoms with Crippen molar-refractivity contribution < 1.29 is 23.1 Å². The third-order valence-corrected chi connectivity index (χ3v) is 7.27. The third-order valence-electron chi connectivity index (χ3n) is 7.27. The van der Waals surface area contributed by atoms with Gasteiger partial charge < -0.3 is 20.3 Å². The maximum absolute atomic E-state index is 14.2. The molecule has 2 amide bonds. The van der Waals surface area contributed by atoms with Gasteiger partial charge in [-0.2, -0.15) is 0 Å². The summed E-state index contributed by atoms with van der Waals surface area (Å²) in [7, 11) is 0. The maximum atomic E-state index is 14.2. The number of likely N-dealkylation sites (tertiary alicyclic amines) is 1. The van der Waals surface area contributed by atoms with E-state index in [1.54, 1.807) is 9.80 Å². The minimum Gasteiger partial charge on any atom is -0.445 e. The Morgan fingerprint density at radius 2 is 1.66 bits per heavy atom. The Labute approximate surface area is 205 Å². The van der Waals surface area contributed by atoms with Gasteiger partial charge in [0.15, 0.2) is 0 Å². The Morgan fingerprint density at radius 1 is 1.06 bits per heavy atom. The normalized spacial score (nSPS) is 20.0. The number of carbonyl (C=O) groups is 2. The van der Waals surface area contributed by atoms with Crippen LogP contribution in [0.25, 0.3) is 0 Å². The fraction of sp³-hybridized carbons (Fsp3) is 0.481. The average molecular weight is 486 g/mol. The first-order valence-electron chi connectivity index (χ1n) is 12.1. The molecule has 0 unspecified atom stereocenters. The van der Waals surface area contributed by atoms with E-state index in [4.69, 9.17) is 10.5 Å². The summed E-state index contributed by atoms with van der Waals surface area (Å²) in [5.41, 5.74) is 7.80. The van der Waals surface area contributed by atoms with Crippen molar-refractivity contribution in [1.82, 2.24) is 9.80 Å². The summed E-state index contributed by atoms with van der Waals surface area (Å²) in [4.78, 5) is 28.8. The second-order valence-electron chi connectivity index (χ2n) is 9.79. The lowest BCUT2D eigenvalue weighted by molar-refractivity contribution is -0.155. The van der Waals surface area contributed by atoms with Gasteiger partial charge in [-0.1, -0.05) is 54.6 Å². The van der Waals surface area contributed by atoms with Gasteiger partial charge in [-0.25, -0.2) is 13.6 Å². The molecule has 2 fully saturated rings. The predicted octanol–water partition coefficient (Wildman–Crippen LogP) is 4.98. The monoisotopic (exact) mass is 485 g/mol. The van der Waals surface area contributed by atoms with Gasteiger partial charge in [0.2, 0.25) is 11.8 Å². The van der Waals surface area contributed by atoms with Crippen LogP contribution in [0.2, 0.25) is 0 Å². The van der Waals surface area contributed by atoms with Crippen LogP contribution in [0.1, 0.15) is 62.3 Å². The summed E-state index contributed by atoms with van der Waals surface area (Å²) in [6, 6.07) is 16.6. The van der Waals surface area contributed by atoms with Crippen LogP contribution in [0.15, 0.2) is 54.6 Å². The van der Waals surface area contributed by atoms with E-state index in [9.17, 15) is 18.4 Å². The Bertz CT molecular complexity index is 1030. The molecule has 0 aromatic heterocycles. The highest BCUT2D eigenvalue weighted by atomic mass is 19.3. The van der Waals surface area contributed by atoms with Crippen LogP contribution in [0.4, 0.5) is 13.6 Å². The van der Waals surface area contributed by atoms with Crippen molar-refractivity contribution in [3.63, 3.8) is 0 Å². The summed E-state index contributed by atoms with van der Waals surface area (Å²) in [5.74, 6) is -2.93. The number of alkyl halides is 2. The van der Waals surface area contributed by atoms with Gasteiger partial charge in [0, 0.05) is 38.9 Å². The van der Waals surface area contributed by atoms with Crippen LogP contribution in [0.5, 0.6) is 0 Å². The van der Waals surface area contributed by atoms with Gasteiger partial charge in [0.25, 0.3) is 0 Å². The first kappa shape index (κ1) is 25.1. The van der Waals surface area contributed by atoms with Gasteiger partial charge in [-0.15, -0.1) is 0 Å². The summed E-state index contributed by atoms with van der Waals surface area (Å²) in [6.45, 7) is 4.14. The smallest absolute Gasteiger partial charge is 0.410 e. The van der Waals surface area contributed by atoms with E-state index in [-0.39, 0.29) is 50.3 Å². The molecule has 1 saturated heterocycles. The molecule has 6 nitrogen and oxygen atoms in total. The first-order chi connectivity index (χ1) is 16.6. The zero-order chi connectivity index (χ0) is 25.2. The van der Waals surface area contributed by atoms with Crippen LogP contribution in [-0.2, 0) is 21.7 Å². The second kappa shape index (κ2) is 9.93. The number of nitrogens with two attached hydrogens (primary N) is 1. The topological polar surface area (TPSA) is 75.9 Å². The summed E-state index contributed by atoms with van der Waals surface area (Å²) < 4.78 is 33.8. The van der Waals surface area contributed by atoms with E-state index in [1.165, 1.54) is 6.92 Å². The minimum absolute atomic E-state index is 0.151. The lowest BCUT2D eigenvalue weighted by atomic mass is 9.72. The highest BCUT2D eigenvalue weighted by Crippen LogP contribution is 2.49. The lowest BCUT2D eigenvalue weighted by Crippen LogP contribution is -2.67. The second-order valence-corrected chi connectivity index (χ2v) is 9.79. The number of rotatable bonds is 6. The third kappa shape index (κ3) is 5.32. The Morgan fingerprint density at radius 3 is 2.20 bits per heavy atom. The van der Waals surface area contributed by atoms with Crippen LogP contribution in [0.3, 0.4) is 0 Å². The zero-order valence-corrected chi connectivity index (χ0v) is 20.3. The number of benzene rings is 2. The van der Waals surface area contributed by atoms with Crippen molar-refractivity contribution in [2.24, 2.45) is 5.73 Å². The van der Waals surface area contributed by atoms with Gasteiger partial charge in [-0.3, -0.25) is 4.79 Å². The molecule has 0 bridgehead atoms. The van der Waals surface area contributed by atoms with E-state index in [1.807, 2.05) is 61.5 Å². The maximum Gasteiger partial charge on any atom is 0.410 e. The molecule has 1 heterocycles. The van der Waals surface area contributed by atoms with Gasteiger partial charge in [-0.05, 0) is 36.5 Å². The number of ether oxygens (including phenoxy) is 1. The highest BCUT2D eigenvalue weighted by Gasteiger charge is 2.52. The van der Waals surface area contributed by atoms with Crippen LogP contribution in [-0.4, -0.2) is 46.9 Å². The number of halogens is 2. The number of hydrogen-bond donors (Lipinski definition) is 1. The number of nitrogens with zero attached hydrogens (tertiary/aromatic N) is 2. The van der Waals surface area contributed by atoms with Crippen molar-refractivity contribution >= 4 is 12.0 Å². The van der Waals surface area contributed by atoms with E-state index >= 15 is 0 Å². The van der Waals surface area contributed by atoms with Crippen molar-refractivity contribution in [3.8, 4) is 0 Å². The Hall–Kier alpha value is -3.00. The number of amides is 2. The van der Waals surface area contributed by atoms with Crippen LogP contribution in [0, 0.1) is 0 Å². The standard InChI is InChI=1S/C27H33F2N3O3/c1-19(30)22-8-10-23(11-9-22)26(12-14-27(28,29)15-13-26)32(20(2)33)24-16-31(17-24)25(34)35-18-21-6-4-3-5-7-21/h3-11,19,24H,12-18,30H2,1-2H3/t19-/m0/s1. The fourth-order valence-electron chi connectivity index (χ4n) is 5.28. The van der Waals surface area contributed by atoms with Crippen molar-refractivity contribution in [3.05, 3.63) is 71.3 Å². The highest BCUT2D eigenvalue weighted by molar-refractivity contribution is 5.76. The molecule has 4 rings (SSSR count). The molecule has 2 aromatic rings. The molecule has 2 N–H and O–H groups in total. The summed E-state index contributed by atoms with van der Waals surface area (Å²) in [6.07, 6.45) is -0.708. The largest absolute Gasteiger partial charge is 0.445 e. The van der Waals surface area contributed by atoms with Gasteiger partial charge in [0.05, 0.1) is 11.6 Å². The summed E-state index contributed by atoms with van der Waals surface area (Å²) >= 11 is 0. The average Bonchev–Trinajstić information content (AvgIpc) is 2.81.